The number of rotatable bonds is 3. The van der Waals surface area contributed by atoms with Gasteiger partial charge in [-0.15, -0.1) is 0 Å². The average Bonchev–Trinajstić information content (AvgIpc) is 2.90. The van der Waals surface area contributed by atoms with Crippen LogP contribution < -0.4 is 14.9 Å². The Morgan fingerprint density at radius 3 is 2.80 bits per heavy atom. The van der Waals surface area contributed by atoms with E-state index in [-0.39, 0.29) is 6.79 Å². The summed E-state index contributed by atoms with van der Waals surface area (Å²) in [6, 6.07) is 10.9. The fraction of sp³-hybridized carbons (Fsp3) is 0.0714. The minimum atomic E-state index is 0.188. The van der Waals surface area contributed by atoms with Crippen molar-refractivity contribution in [2.24, 2.45) is 5.10 Å². The summed E-state index contributed by atoms with van der Waals surface area (Å²) in [5.74, 6) is 1.19. The number of fused-ring (bicyclic) bond motifs is 1. The van der Waals surface area contributed by atoms with Crippen LogP contribution in [0.5, 0.6) is 11.5 Å². The van der Waals surface area contributed by atoms with Gasteiger partial charge in [-0.3, -0.25) is 5.43 Å². The molecular formula is C14H10Cl2N2O2. The summed E-state index contributed by atoms with van der Waals surface area (Å²) in [6.07, 6.45) is 1.64. The first kappa shape index (κ1) is 13.1. The lowest BCUT2D eigenvalue weighted by molar-refractivity contribution is 0.174. The molecule has 20 heavy (non-hydrogen) atoms. The predicted octanol–water partition coefficient (Wildman–Crippen LogP) is 4.17. The third kappa shape index (κ3) is 2.66. The van der Waals surface area contributed by atoms with Crippen LogP contribution in [0.1, 0.15) is 5.56 Å². The van der Waals surface area contributed by atoms with Gasteiger partial charge < -0.3 is 9.47 Å². The van der Waals surface area contributed by atoms with E-state index in [1.54, 1.807) is 18.3 Å². The fourth-order valence-corrected chi connectivity index (χ4v) is 2.24. The molecule has 1 heterocycles. The molecule has 0 unspecified atom stereocenters. The highest BCUT2D eigenvalue weighted by Crippen LogP contribution is 2.39. The molecule has 2 aromatic carbocycles. The summed E-state index contributed by atoms with van der Waals surface area (Å²) in [5, 5.41) is 5.23. The first-order valence-electron chi connectivity index (χ1n) is 5.87. The number of hydrogen-bond donors (Lipinski definition) is 1. The Labute approximate surface area is 125 Å². The van der Waals surface area contributed by atoms with E-state index in [1.807, 2.05) is 24.3 Å². The molecule has 0 spiro atoms. The standard InChI is InChI=1S/C14H10Cl2N2O2/c15-10-3-1-2-4-12(10)18-17-7-9-5-11(16)14-13(6-9)19-8-20-14/h1-7,18H,8H2/b17-7-. The third-order valence-corrected chi connectivity index (χ3v) is 3.33. The van der Waals surface area contributed by atoms with Crippen molar-refractivity contribution in [1.29, 1.82) is 0 Å². The molecule has 0 atom stereocenters. The molecule has 1 aliphatic rings. The van der Waals surface area contributed by atoms with E-state index in [2.05, 4.69) is 10.5 Å². The summed E-state index contributed by atoms with van der Waals surface area (Å²) in [5.41, 5.74) is 4.41. The molecule has 102 valence electrons. The van der Waals surface area contributed by atoms with E-state index >= 15 is 0 Å². The summed E-state index contributed by atoms with van der Waals surface area (Å²) in [4.78, 5) is 0. The van der Waals surface area contributed by atoms with Crippen molar-refractivity contribution in [3.63, 3.8) is 0 Å². The number of benzene rings is 2. The summed E-state index contributed by atoms with van der Waals surface area (Å²) < 4.78 is 10.5. The van der Waals surface area contributed by atoms with Gasteiger partial charge in [0.25, 0.3) is 0 Å². The molecule has 0 saturated heterocycles. The normalized spacial score (nSPS) is 12.9. The maximum atomic E-state index is 6.09. The number of nitrogens with zero attached hydrogens (tertiary/aromatic N) is 1. The van der Waals surface area contributed by atoms with Crippen LogP contribution in [0.15, 0.2) is 41.5 Å². The number of hydrazone groups is 1. The van der Waals surface area contributed by atoms with Crippen LogP contribution in [0.25, 0.3) is 0 Å². The molecule has 0 amide bonds. The molecule has 6 heteroatoms. The van der Waals surface area contributed by atoms with E-state index in [1.165, 1.54) is 0 Å². The minimum Gasteiger partial charge on any atom is -0.454 e. The van der Waals surface area contributed by atoms with E-state index < -0.39 is 0 Å². The minimum absolute atomic E-state index is 0.188. The van der Waals surface area contributed by atoms with Gasteiger partial charge in [0, 0.05) is 0 Å². The number of hydrogen-bond acceptors (Lipinski definition) is 4. The average molecular weight is 309 g/mol. The zero-order valence-corrected chi connectivity index (χ0v) is 11.8. The van der Waals surface area contributed by atoms with Gasteiger partial charge in [-0.1, -0.05) is 35.3 Å². The zero-order valence-electron chi connectivity index (χ0n) is 10.3. The lowest BCUT2D eigenvalue weighted by Gasteiger charge is -2.03. The van der Waals surface area contributed by atoms with E-state index in [9.17, 15) is 0 Å². The molecule has 0 bridgehead atoms. The highest BCUT2D eigenvalue weighted by molar-refractivity contribution is 6.33. The molecular weight excluding hydrogens is 299 g/mol. The van der Waals surface area contributed by atoms with E-state index in [0.717, 1.165) is 11.3 Å². The number of nitrogens with one attached hydrogen (secondary N) is 1. The summed E-state index contributed by atoms with van der Waals surface area (Å²) in [6.45, 7) is 0.188. The highest BCUT2D eigenvalue weighted by Gasteiger charge is 2.17. The maximum Gasteiger partial charge on any atom is 0.231 e. The van der Waals surface area contributed by atoms with Crippen molar-refractivity contribution in [2.45, 2.75) is 0 Å². The van der Waals surface area contributed by atoms with Crippen LogP contribution in [0, 0.1) is 0 Å². The van der Waals surface area contributed by atoms with Gasteiger partial charge in [-0.2, -0.15) is 5.10 Å². The second-order valence-electron chi connectivity index (χ2n) is 4.09. The smallest absolute Gasteiger partial charge is 0.231 e. The number of ether oxygens (including phenoxy) is 2. The fourth-order valence-electron chi connectivity index (χ4n) is 1.79. The van der Waals surface area contributed by atoms with Gasteiger partial charge in [-0.25, -0.2) is 0 Å². The van der Waals surface area contributed by atoms with Crippen molar-refractivity contribution >= 4 is 35.1 Å². The molecule has 1 N–H and O–H groups in total. The van der Waals surface area contributed by atoms with Crippen molar-refractivity contribution < 1.29 is 9.47 Å². The van der Waals surface area contributed by atoms with Crippen molar-refractivity contribution in [3.05, 3.63) is 52.0 Å². The highest BCUT2D eigenvalue weighted by atomic mass is 35.5. The van der Waals surface area contributed by atoms with Crippen molar-refractivity contribution in [2.75, 3.05) is 12.2 Å². The predicted molar refractivity (Wildman–Crippen MR) is 80.2 cm³/mol. The number of para-hydroxylation sites is 1. The molecule has 1 aliphatic heterocycles. The van der Waals surface area contributed by atoms with Gasteiger partial charge in [-0.05, 0) is 29.8 Å². The Kier molecular flexibility index (Phi) is 3.67. The quantitative estimate of drug-likeness (QED) is 0.683. The Balaban J connectivity index is 1.77. The Bertz CT molecular complexity index is 674. The van der Waals surface area contributed by atoms with Crippen molar-refractivity contribution in [3.8, 4) is 11.5 Å². The molecule has 0 saturated carbocycles. The van der Waals surface area contributed by atoms with Gasteiger partial charge in [0.1, 0.15) is 0 Å². The third-order valence-electron chi connectivity index (χ3n) is 2.72. The first-order chi connectivity index (χ1) is 9.74. The maximum absolute atomic E-state index is 6.09. The molecule has 3 rings (SSSR count). The second kappa shape index (κ2) is 5.61. The summed E-state index contributed by atoms with van der Waals surface area (Å²) >= 11 is 12.1. The van der Waals surface area contributed by atoms with Crippen LogP contribution in [-0.4, -0.2) is 13.0 Å². The number of anilines is 1. The van der Waals surface area contributed by atoms with Gasteiger partial charge in [0.2, 0.25) is 6.79 Å². The number of halogens is 2. The lowest BCUT2D eigenvalue weighted by Crippen LogP contribution is -1.93. The summed E-state index contributed by atoms with van der Waals surface area (Å²) in [7, 11) is 0. The molecule has 0 fully saturated rings. The van der Waals surface area contributed by atoms with Gasteiger partial charge in [0.15, 0.2) is 11.5 Å². The zero-order chi connectivity index (χ0) is 13.9. The Morgan fingerprint density at radius 2 is 1.95 bits per heavy atom. The molecule has 4 nitrogen and oxygen atoms in total. The monoisotopic (exact) mass is 308 g/mol. The van der Waals surface area contributed by atoms with Crippen LogP contribution in [0.4, 0.5) is 5.69 Å². The van der Waals surface area contributed by atoms with Crippen LogP contribution in [0.2, 0.25) is 10.0 Å². The topological polar surface area (TPSA) is 42.9 Å². The van der Waals surface area contributed by atoms with Crippen LogP contribution in [0.3, 0.4) is 0 Å². The Hall–Kier alpha value is -1.91. The van der Waals surface area contributed by atoms with Crippen LogP contribution >= 0.6 is 23.2 Å². The van der Waals surface area contributed by atoms with Crippen LogP contribution in [-0.2, 0) is 0 Å². The lowest BCUT2D eigenvalue weighted by atomic mass is 10.2. The molecule has 2 aromatic rings. The Morgan fingerprint density at radius 1 is 1.10 bits per heavy atom. The van der Waals surface area contributed by atoms with E-state index in [4.69, 9.17) is 32.7 Å². The molecule has 0 aliphatic carbocycles. The first-order valence-corrected chi connectivity index (χ1v) is 6.62. The molecule has 0 radical (unpaired) electrons. The van der Waals surface area contributed by atoms with Crippen molar-refractivity contribution in [1.82, 2.24) is 0 Å². The second-order valence-corrected chi connectivity index (χ2v) is 4.90. The molecule has 0 aromatic heterocycles. The SMILES string of the molecule is Clc1ccccc1N/N=C\c1cc(Cl)c2c(c1)OCO2. The van der Waals surface area contributed by atoms with Gasteiger partial charge in [0.05, 0.1) is 21.9 Å². The van der Waals surface area contributed by atoms with E-state index in [0.29, 0.717) is 21.5 Å². The largest absolute Gasteiger partial charge is 0.454 e. The van der Waals surface area contributed by atoms with Gasteiger partial charge >= 0.3 is 0 Å².